The maximum absolute atomic E-state index is 4.54. The van der Waals surface area contributed by atoms with Crippen molar-refractivity contribution in [2.75, 3.05) is 6.54 Å². The number of nitrogens with one attached hydrogen (secondary N) is 1. The van der Waals surface area contributed by atoms with Crippen LogP contribution in [-0.2, 0) is 13.0 Å². The molecule has 1 saturated carbocycles. The van der Waals surface area contributed by atoms with Gasteiger partial charge in [-0.25, -0.2) is 4.98 Å². The summed E-state index contributed by atoms with van der Waals surface area (Å²) in [5.41, 5.74) is 0. The first-order valence-corrected chi connectivity index (χ1v) is 8.06. The van der Waals surface area contributed by atoms with Gasteiger partial charge in [-0.05, 0) is 45.1 Å². The summed E-state index contributed by atoms with van der Waals surface area (Å²) in [6.07, 6.45) is 13.3. The number of rotatable bonds is 6. The van der Waals surface area contributed by atoms with E-state index in [2.05, 4.69) is 34.9 Å². The third-order valence-corrected chi connectivity index (χ3v) is 4.33. The van der Waals surface area contributed by atoms with Gasteiger partial charge in [-0.15, -0.1) is 0 Å². The Morgan fingerprint density at radius 3 is 2.95 bits per heavy atom. The van der Waals surface area contributed by atoms with E-state index >= 15 is 0 Å². The van der Waals surface area contributed by atoms with E-state index < -0.39 is 0 Å². The van der Waals surface area contributed by atoms with Crippen LogP contribution in [0.5, 0.6) is 0 Å². The van der Waals surface area contributed by atoms with Crippen molar-refractivity contribution in [3.63, 3.8) is 0 Å². The quantitative estimate of drug-likeness (QED) is 0.797. The molecule has 1 aliphatic rings. The van der Waals surface area contributed by atoms with Crippen LogP contribution in [0.1, 0.15) is 58.2 Å². The molecule has 1 aromatic heterocycles. The summed E-state index contributed by atoms with van der Waals surface area (Å²) in [5.74, 6) is 2.09. The fraction of sp³-hybridized carbons (Fsp3) is 0.812. The van der Waals surface area contributed by atoms with Crippen LogP contribution in [0.3, 0.4) is 0 Å². The van der Waals surface area contributed by atoms with Gasteiger partial charge in [0.25, 0.3) is 0 Å². The lowest BCUT2D eigenvalue weighted by Gasteiger charge is -2.21. The first-order valence-electron chi connectivity index (χ1n) is 8.06. The van der Waals surface area contributed by atoms with Crippen molar-refractivity contribution in [2.45, 2.75) is 71.4 Å². The highest BCUT2D eigenvalue weighted by molar-refractivity contribution is 4.95. The molecule has 3 heteroatoms. The standard InChI is InChI=1S/C16H29N3/c1-3-9-17-15-8-6-5-7-14(12-15)13-16-18-10-11-19(16)4-2/h10-11,14-15,17H,3-9,12-13H2,1-2H3. The van der Waals surface area contributed by atoms with Gasteiger partial charge >= 0.3 is 0 Å². The smallest absolute Gasteiger partial charge is 0.108 e. The van der Waals surface area contributed by atoms with Gasteiger partial charge in [0.05, 0.1) is 0 Å². The summed E-state index contributed by atoms with van der Waals surface area (Å²) in [5, 5.41) is 3.72. The summed E-state index contributed by atoms with van der Waals surface area (Å²) < 4.78 is 2.29. The van der Waals surface area contributed by atoms with Crippen LogP contribution in [0.15, 0.2) is 12.4 Å². The van der Waals surface area contributed by atoms with E-state index in [0.717, 1.165) is 24.9 Å². The normalized spacial score (nSPS) is 24.3. The fourth-order valence-corrected chi connectivity index (χ4v) is 3.26. The Hall–Kier alpha value is -0.830. The van der Waals surface area contributed by atoms with Crippen LogP contribution in [0.4, 0.5) is 0 Å². The third-order valence-electron chi connectivity index (χ3n) is 4.33. The van der Waals surface area contributed by atoms with Gasteiger partial charge in [0.2, 0.25) is 0 Å². The molecule has 0 saturated heterocycles. The molecular formula is C16H29N3. The van der Waals surface area contributed by atoms with E-state index in [9.17, 15) is 0 Å². The summed E-state index contributed by atoms with van der Waals surface area (Å²) in [7, 11) is 0. The average Bonchev–Trinajstić information content (AvgIpc) is 2.74. The lowest BCUT2D eigenvalue weighted by molar-refractivity contribution is 0.376. The molecule has 2 atom stereocenters. The number of aryl methyl sites for hydroxylation is 1. The molecule has 0 aliphatic heterocycles. The van der Waals surface area contributed by atoms with E-state index in [-0.39, 0.29) is 0 Å². The zero-order valence-electron chi connectivity index (χ0n) is 12.6. The van der Waals surface area contributed by atoms with Crippen LogP contribution in [0.25, 0.3) is 0 Å². The predicted octanol–water partition coefficient (Wildman–Crippen LogP) is 3.39. The maximum atomic E-state index is 4.54. The van der Waals surface area contributed by atoms with Crippen LogP contribution < -0.4 is 5.32 Å². The number of hydrogen-bond acceptors (Lipinski definition) is 2. The average molecular weight is 263 g/mol. The zero-order valence-corrected chi connectivity index (χ0v) is 12.6. The van der Waals surface area contributed by atoms with E-state index in [1.165, 1.54) is 50.9 Å². The Labute approximate surface area is 117 Å². The molecule has 0 amide bonds. The number of aromatic nitrogens is 2. The summed E-state index contributed by atoms with van der Waals surface area (Å²) in [4.78, 5) is 4.54. The minimum Gasteiger partial charge on any atom is -0.335 e. The second-order valence-corrected chi connectivity index (χ2v) is 5.87. The van der Waals surface area contributed by atoms with Crippen LogP contribution in [0.2, 0.25) is 0 Å². The Morgan fingerprint density at radius 1 is 1.32 bits per heavy atom. The number of hydrogen-bond donors (Lipinski definition) is 1. The monoisotopic (exact) mass is 263 g/mol. The van der Waals surface area contributed by atoms with Crippen LogP contribution in [0, 0.1) is 5.92 Å². The first kappa shape index (κ1) is 14.6. The van der Waals surface area contributed by atoms with E-state index in [1.807, 2.05) is 6.20 Å². The highest BCUT2D eigenvalue weighted by atomic mass is 15.1. The van der Waals surface area contributed by atoms with Crippen molar-refractivity contribution in [3.8, 4) is 0 Å². The van der Waals surface area contributed by atoms with E-state index in [1.54, 1.807) is 0 Å². The van der Waals surface area contributed by atoms with Crippen molar-refractivity contribution < 1.29 is 0 Å². The molecule has 0 bridgehead atoms. The van der Waals surface area contributed by atoms with E-state index in [0.29, 0.717) is 0 Å². The molecule has 1 N–H and O–H groups in total. The Balaban J connectivity index is 1.91. The van der Waals surface area contributed by atoms with Crippen molar-refractivity contribution in [3.05, 3.63) is 18.2 Å². The molecular weight excluding hydrogens is 234 g/mol. The van der Waals surface area contributed by atoms with Crippen molar-refractivity contribution in [1.29, 1.82) is 0 Å². The molecule has 2 rings (SSSR count). The summed E-state index contributed by atoms with van der Waals surface area (Å²) in [6.45, 7) is 6.66. The van der Waals surface area contributed by atoms with Crippen molar-refractivity contribution >= 4 is 0 Å². The minimum absolute atomic E-state index is 0.734. The Kier molecular flexibility index (Phi) is 5.90. The molecule has 108 valence electrons. The van der Waals surface area contributed by atoms with Crippen LogP contribution in [-0.4, -0.2) is 22.1 Å². The van der Waals surface area contributed by atoms with Crippen LogP contribution >= 0.6 is 0 Å². The topological polar surface area (TPSA) is 29.9 Å². The lowest BCUT2D eigenvalue weighted by atomic mass is 9.94. The molecule has 0 radical (unpaired) electrons. The Morgan fingerprint density at radius 2 is 2.16 bits per heavy atom. The van der Waals surface area contributed by atoms with Gasteiger partial charge in [0, 0.05) is 31.4 Å². The molecule has 0 spiro atoms. The molecule has 1 heterocycles. The second kappa shape index (κ2) is 7.68. The molecule has 3 nitrogen and oxygen atoms in total. The van der Waals surface area contributed by atoms with Gasteiger partial charge in [0.1, 0.15) is 5.82 Å². The molecule has 2 unspecified atom stereocenters. The summed E-state index contributed by atoms with van der Waals surface area (Å²) >= 11 is 0. The lowest BCUT2D eigenvalue weighted by Crippen LogP contribution is -2.31. The third kappa shape index (κ3) is 4.34. The zero-order chi connectivity index (χ0) is 13.5. The molecule has 19 heavy (non-hydrogen) atoms. The van der Waals surface area contributed by atoms with Gasteiger partial charge in [-0.1, -0.05) is 19.8 Å². The first-order chi connectivity index (χ1) is 9.33. The predicted molar refractivity (Wildman–Crippen MR) is 80.3 cm³/mol. The summed E-state index contributed by atoms with van der Waals surface area (Å²) in [6, 6.07) is 0.734. The van der Waals surface area contributed by atoms with Crippen molar-refractivity contribution in [1.82, 2.24) is 14.9 Å². The highest BCUT2D eigenvalue weighted by Gasteiger charge is 2.21. The van der Waals surface area contributed by atoms with Gasteiger partial charge in [-0.2, -0.15) is 0 Å². The van der Waals surface area contributed by atoms with Gasteiger partial charge < -0.3 is 9.88 Å². The molecule has 1 fully saturated rings. The molecule has 1 aromatic rings. The largest absolute Gasteiger partial charge is 0.335 e. The minimum atomic E-state index is 0.734. The van der Waals surface area contributed by atoms with Gasteiger partial charge in [-0.3, -0.25) is 0 Å². The SMILES string of the molecule is CCCNC1CCCCC(Cc2nccn2CC)C1. The number of imidazole rings is 1. The van der Waals surface area contributed by atoms with Gasteiger partial charge in [0.15, 0.2) is 0 Å². The fourth-order valence-electron chi connectivity index (χ4n) is 3.26. The Bertz CT molecular complexity index is 359. The molecule has 0 aromatic carbocycles. The molecule has 1 aliphatic carbocycles. The highest BCUT2D eigenvalue weighted by Crippen LogP contribution is 2.26. The number of nitrogens with zero attached hydrogens (tertiary/aromatic N) is 2. The van der Waals surface area contributed by atoms with E-state index in [4.69, 9.17) is 0 Å². The van der Waals surface area contributed by atoms with Crippen molar-refractivity contribution in [2.24, 2.45) is 5.92 Å². The maximum Gasteiger partial charge on any atom is 0.108 e. The second-order valence-electron chi connectivity index (χ2n) is 5.87.